The lowest BCUT2D eigenvalue weighted by Gasteiger charge is -2.23. The summed E-state index contributed by atoms with van der Waals surface area (Å²) >= 11 is 0. The van der Waals surface area contributed by atoms with Gasteiger partial charge in [0.2, 0.25) is 5.88 Å². The van der Waals surface area contributed by atoms with Crippen LogP contribution in [0.25, 0.3) is 5.65 Å². The van der Waals surface area contributed by atoms with Crippen LogP contribution in [0.3, 0.4) is 0 Å². The highest BCUT2D eigenvalue weighted by atomic mass is 16.3. The monoisotopic (exact) mass is 388 g/mol. The minimum absolute atomic E-state index is 0.0755. The molecule has 1 saturated heterocycles. The van der Waals surface area contributed by atoms with E-state index >= 15 is 0 Å². The molecule has 4 N–H and O–H groups in total. The molecule has 0 aromatic carbocycles. The van der Waals surface area contributed by atoms with Gasteiger partial charge in [0.1, 0.15) is 5.65 Å². The second kappa shape index (κ2) is 6.51. The molecule has 3 heterocycles. The van der Waals surface area contributed by atoms with Gasteiger partial charge in [-0.3, -0.25) is 14.2 Å². The van der Waals surface area contributed by atoms with Crippen LogP contribution < -0.4 is 21.5 Å². The van der Waals surface area contributed by atoms with Gasteiger partial charge in [0.15, 0.2) is 11.4 Å². The van der Waals surface area contributed by atoms with Gasteiger partial charge < -0.3 is 21.1 Å². The molecule has 2 fully saturated rings. The fourth-order valence-corrected chi connectivity index (χ4v) is 3.61. The van der Waals surface area contributed by atoms with E-state index in [0.717, 1.165) is 25.8 Å². The summed E-state index contributed by atoms with van der Waals surface area (Å²) in [6.07, 6.45) is 2.65. The van der Waals surface area contributed by atoms with Gasteiger partial charge in [0.25, 0.3) is 11.5 Å². The number of nitrogens with zero attached hydrogens (tertiary/aromatic N) is 4. The largest absolute Gasteiger partial charge is 0.494 e. The van der Waals surface area contributed by atoms with Crippen molar-refractivity contribution in [2.24, 2.45) is 11.1 Å². The Morgan fingerprint density at radius 2 is 2.07 bits per heavy atom. The first-order valence-electron chi connectivity index (χ1n) is 9.81. The molecule has 1 aliphatic carbocycles. The van der Waals surface area contributed by atoms with Crippen LogP contribution in [0.15, 0.2) is 10.9 Å². The maximum atomic E-state index is 13.0. The Kier molecular flexibility index (Phi) is 4.37. The minimum Gasteiger partial charge on any atom is -0.494 e. The van der Waals surface area contributed by atoms with Crippen LogP contribution in [0, 0.1) is 5.41 Å². The van der Waals surface area contributed by atoms with Crippen LogP contribution in [0.4, 0.5) is 5.82 Å². The number of carbonyl (C=O) groups is 1. The number of aromatic hydroxyl groups is 1. The van der Waals surface area contributed by atoms with E-state index < -0.39 is 11.5 Å². The average molecular weight is 388 g/mol. The lowest BCUT2D eigenvalue weighted by molar-refractivity contribution is 0.0944. The molecule has 2 aromatic heterocycles. The molecule has 1 amide bonds. The Balaban J connectivity index is 1.87. The quantitative estimate of drug-likeness (QED) is 0.709. The van der Waals surface area contributed by atoms with E-state index in [2.05, 4.69) is 10.4 Å². The Morgan fingerprint density at radius 1 is 1.36 bits per heavy atom. The van der Waals surface area contributed by atoms with Gasteiger partial charge in [-0.1, -0.05) is 20.8 Å². The lowest BCUT2D eigenvalue weighted by Crippen LogP contribution is -2.35. The predicted molar refractivity (Wildman–Crippen MR) is 106 cm³/mol. The fraction of sp³-hybridized carbons (Fsp3) is 0.632. The summed E-state index contributed by atoms with van der Waals surface area (Å²) in [5.74, 6) is -0.225. The Hall–Kier alpha value is -2.55. The van der Waals surface area contributed by atoms with Gasteiger partial charge in [-0.15, -0.1) is 5.10 Å². The molecule has 1 aliphatic heterocycles. The van der Waals surface area contributed by atoms with Gasteiger partial charge in [-0.05, 0) is 24.7 Å². The van der Waals surface area contributed by atoms with E-state index in [1.807, 2.05) is 25.7 Å². The van der Waals surface area contributed by atoms with Crippen molar-refractivity contribution >= 4 is 17.4 Å². The van der Waals surface area contributed by atoms with Crippen molar-refractivity contribution < 1.29 is 9.90 Å². The number of hydrogen-bond acceptors (Lipinski definition) is 6. The Bertz CT molecular complexity index is 982. The summed E-state index contributed by atoms with van der Waals surface area (Å²) in [5, 5.41) is 18.1. The number of nitrogens with one attached hydrogen (secondary N) is 1. The molecule has 0 radical (unpaired) electrons. The van der Waals surface area contributed by atoms with Crippen molar-refractivity contribution in [1.82, 2.24) is 19.5 Å². The summed E-state index contributed by atoms with van der Waals surface area (Å²) in [5.41, 5.74) is 5.43. The molecule has 2 aliphatic rings. The molecule has 1 saturated carbocycles. The molecular weight excluding hydrogens is 360 g/mol. The third-order valence-electron chi connectivity index (χ3n) is 5.16. The second-order valence-electron chi connectivity index (χ2n) is 9.17. The first-order valence-corrected chi connectivity index (χ1v) is 9.81. The van der Waals surface area contributed by atoms with E-state index in [4.69, 9.17) is 5.73 Å². The number of aromatic nitrogens is 3. The molecule has 0 spiro atoms. The molecule has 1 atom stereocenters. The highest BCUT2D eigenvalue weighted by Crippen LogP contribution is 2.28. The van der Waals surface area contributed by atoms with E-state index in [-0.39, 0.29) is 28.9 Å². The number of hydrogen-bond donors (Lipinski definition) is 3. The van der Waals surface area contributed by atoms with E-state index in [1.165, 1.54) is 4.52 Å². The molecule has 152 valence electrons. The molecular formula is C19H28N6O3. The highest BCUT2D eigenvalue weighted by Gasteiger charge is 2.31. The predicted octanol–water partition coefficient (Wildman–Crippen LogP) is 0.677. The molecule has 9 nitrogen and oxygen atoms in total. The minimum atomic E-state index is -0.606. The van der Waals surface area contributed by atoms with Gasteiger partial charge in [0, 0.05) is 37.8 Å². The summed E-state index contributed by atoms with van der Waals surface area (Å²) in [6, 6.07) is 1.94. The molecule has 4 rings (SSSR count). The summed E-state index contributed by atoms with van der Waals surface area (Å²) in [7, 11) is 0. The van der Waals surface area contributed by atoms with Crippen LogP contribution in [-0.2, 0) is 6.54 Å². The van der Waals surface area contributed by atoms with Crippen molar-refractivity contribution in [2.75, 3.05) is 18.0 Å². The number of carbonyl (C=O) groups excluding carboxylic acids is 1. The third-order valence-corrected chi connectivity index (χ3v) is 5.16. The van der Waals surface area contributed by atoms with E-state index in [9.17, 15) is 14.7 Å². The van der Waals surface area contributed by atoms with Crippen molar-refractivity contribution in [3.8, 4) is 5.88 Å². The third kappa shape index (κ3) is 3.46. The van der Waals surface area contributed by atoms with Crippen LogP contribution in [0.1, 0.15) is 50.4 Å². The zero-order chi connectivity index (χ0) is 20.2. The number of nitrogens with two attached hydrogens (primary N) is 1. The lowest BCUT2D eigenvalue weighted by atomic mass is 9.96. The molecule has 2 aromatic rings. The summed E-state index contributed by atoms with van der Waals surface area (Å²) in [4.78, 5) is 27.7. The maximum Gasteiger partial charge on any atom is 0.291 e. The molecule has 28 heavy (non-hydrogen) atoms. The standard InChI is InChI=1S/C19H28N6O3/c1-19(2,3)10-24-14-8-13(23-7-6-11(20)9-23)22-25(14)18(28)15(17(24)27)16(26)21-12-4-5-12/h8,11-12,27H,4-7,9-10,20H2,1-3H3,(H,21,26)/t11-/m0/s1. The van der Waals surface area contributed by atoms with Gasteiger partial charge >= 0.3 is 0 Å². The average Bonchev–Trinajstić information content (AvgIpc) is 3.12. The van der Waals surface area contributed by atoms with Crippen molar-refractivity contribution in [3.05, 3.63) is 22.0 Å². The first kappa shape index (κ1) is 18.8. The number of anilines is 1. The van der Waals surface area contributed by atoms with E-state index in [0.29, 0.717) is 24.6 Å². The van der Waals surface area contributed by atoms with Gasteiger partial charge in [0.05, 0.1) is 0 Å². The van der Waals surface area contributed by atoms with Gasteiger partial charge in [-0.25, -0.2) is 0 Å². The van der Waals surface area contributed by atoms with Crippen LogP contribution in [-0.4, -0.2) is 50.4 Å². The maximum absolute atomic E-state index is 13.0. The zero-order valence-corrected chi connectivity index (χ0v) is 16.6. The van der Waals surface area contributed by atoms with Crippen molar-refractivity contribution in [3.63, 3.8) is 0 Å². The number of amides is 1. The molecule has 0 bridgehead atoms. The SMILES string of the molecule is CC(C)(C)Cn1c(O)c(C(=O)NC2CC2)c(=O)n2nc(N3CC[C@H](N)C3)cc12. The molecule has 9 heteroatoms. The highest BCUT2D eigenvalue weighted by molar-refractivity contribution is 5.96. The van der Waals surface area contributed by atoms with Crippen molar-refractivity contribution in [1.29, 1.82) is 0 Å². The summed E-state index contributed by atoms with van der Waals surface area (Å²) < 4.78 is 2.84. The normalized spacial score (nSPS) is 20.1. The Labute approximate surface area is 163 Å². The summed E-state index contributed by atoms with van der Waals surface area (Å²) in [6.45, 7) is 7.94. The van der Waals surface area contributed by atoms with Crippen LogP contribution in [0.2, 0.25) is 0 Å². The Morgan fingerprint density at radius 3 is 2.64 bits per heavy atom. The molecule has 0 unspecified atom stereocenters. The fourth-order valence-electron chi connectivity index (χ4n) is 3.61. The van der Waals surface area contributed by atoms with Crippen LogP contribution >= 0.6 is 0 Å². The zero-order valence-electron chi connectivity index (χ0n) is 16.6. The van der Waals surface area contributed by atoms with Crippen LogP contribution in [0.5, 0.6) is 5.88 Å². The number of fused-ring (bicyclic) bond motifs is 1. The topological polar surface area (TPSA) is 118 Å². The van der Waals surface area contributed by atoms with Crippen molar-refractivity contribution in [2.45, 2.75) is 58.7 Å². The second-order valence-corrected chi connectivity index (χ2v) is 9.17. The number of rotatable bonds is 4. The first-order chi connectivity index (χ1) is 13.1. The van der Waals surface area contributed by atoms with Gasteiger partial charge in [-0.2, -0.15) is 4.52 Å². The smallest absolute Gasteiger partial charge is 0.291 e. The van der Waals surface area contributed by atoms with E-state index in [1.54, 1.807) is 10.6 Å².